The zero-order valence-corrected chi connectivity index (χ0v) is 24.3. The Kier molecular flexibility index (Phi) is 7.82. The highest BCUT2D eigenvalue weighted by Gasteiger charge is 2.66. The standard InChI is InChI=1S/C29H52O3Si/c1-18(2)33(19(3)4,20(5)6)32-27-15-23-13-11-21(7)25(14-12-22(8)30)29(23,10)26-16-24(31)17-28(26,27)9/h18-21,23,25-27H,11-17H2,1-10H3/t21-,23+,25+,26+,27+,28-,29+/m0/s1. The highest BCUT2D eigenvalue weighted by molar-refractivity contribution is 6.77. The van der Waals surface area contributed by atoms with Gasteiger partial charge in [-0.25, -0.2) is 0 Å². The largest absolute Gasteiger partial charge is 0.413 e. The third-order valence-electron chi connectivity index (χ3n) is 11.0. The fraction of sp³-hybridized carbons (Fsp3) is 0.931. The van der Waals surface area contributed by atoms with E-state index in [-0.39, 0.29) is 16.9 Å². The molecular weight excluding hydrogens is 424 g/mol. The van der Waals surface area contributed by atoms with Crippen molar-refractivity contribution in [2.45, 2.75) is 137 Å². The van der Waals surface area contributed by atoms with Gasteiger partial charge in [-0.2, -0.15) is 0 Å². The third-order valence-corrected chi connectivity index (χ3v) is 17.1. The van der Waals surface area contributed by atoms with Crippen LogP contribution in [0.15, 0.2) is 0 Å². The second-order valence-corrected chi connectivity index (χ2v) is 19.0. The van der Waals surface area contributed by atoms with Gasteiger partial charge in [-0.1, -0.05) is 68.7 Å². The first-order valence-corrected chi connectivity index (χ1v) is 16.0. The summed E-state index contributed by atoms with van der Waals surface area (Å²) < 4.78 is 7.52. The molecule has 3 aliphatic carbocycles. The SMILES string of the molecule is CC(=O)CC[C@@H]1[C@@H](C)CC[C@@H]2C[C@@H](O[Si](C(C)C)(C(C)C)C(C)C)[C@@]3(C)CC(=O)C[C@H]3[C@]21C. The Labute approximate surface area is 205 Å². The molecule has 0 heterocycles. The van der Waals surface area contributed by atoms with Gasteiger partial charge in [0.15, 0.2) is 0 Å². The Morgan fingerprint density at radius 2 is 1.64 bits per heavy atom. The minimum atomic E-state index is -2.04. The molecule has 190 valence electrons. The van der Waals surface area contributed by atoms with E-state index in [0.717, 1.165) is 12.8 Å². The quantitative estimate of drug-likeness (QED) is 0.334. The summed E-state index contributed by atoms with van der Waals surface area (Å²) in [4.78, 5) is 25.0. The predicted molar refractivity (Wildman–Crippen MR) is 140 cm³/mol. The van der Waals surface area contributed by atoms with E-state index in [1.807, 2.05) is 0 Å². The molecule has 0 saturated heterocycles. The summed E-state index contributed by atoms with van der Waals surface area (Å²) in [6, 6.07) is 0. The van der Waals surface area contributed by atoms with Gasteiger partial charge in [-0.15, -0.1) is 0 Å². The van der Waals surface area contributed by atoms with Crippen LogP contribution in [0, 0.1) is 34.5 Å². The topological polar surface area (TPSA) is 43.4 Å². The van der Waals surface area contributed by atoms with Gasteiger partial charge in [-0.3, -0.25) is 4.79 Å². The van der Waals surface area contributed by atoms with E-state index in [2.05, 4.69) is 62.3 Å². The van der Waals surface area contributed by atoms with Crippen molar-refractivity contribution in [2.24, 2.45) is 34.5 Å². The molecule has 0 radical (unpaired) electrons. The molecule has 3 fully saturated rings. The molecule has 0 aromatic rings. The lowest BCUT2D eigenvalue weighted by atomic mass is 9.43. The van der Waals surface area contributed by atoms with E-state index >= 15 is 0 Å². The predicted octanol–water partition coefficient (Wildman–Crippen LogP) is 7.97. The molecule has 0 aliphatic heterocycles. The maximum atomic E-state index is 13.1. The molecule has 3 nitrogen and oxygen atoms in total. The molecule has 4 heteroatoms. The molecule has 3 saturated carbocycles. The molecule has 0 aromatic heterocycles. The minimum absolute atomic E-state index is 0.0786. The molecule has 0 N–H and O–H groups in total. The number of ketones is 2. The molecule has 7 atom stereocenters. The monoisotopic (exact) mass is 476 g/mol. The zero-order valence-electron chi connectivity index (χ0n) is 23.3. The summed E-state index contributed by atoms with van der Waals surface area (Å²) in [5, 5.41) is 0. The van der Waals surface area contributed by atoms with Gasteiger partial charge in [0.05, 0.1) is 6.10 Å². The second-order valence-electron chi connectivity index (χ2n) is 13.6. The van der Waals surface area contributed by atoms with E-state index in [1.165, 1.54) is 12.8 Å². The summed E-state index contributed by atoms with van der Waals surface area (Å²) in [5.74, 6) is 2.86. The van der Waals surface area contributed by atoms with E-state index < -0.39 is 8.32 Å². The van der Waals surface area contributed by atoms with Gasteiger partial charge in [0.2, 0.25) is 8.32 Å². The normalized spacial score (nSPS) is 39.3. The number of Topliss-reactive ketones (excluding diaryl/α,β-unsaturated/α-hetero) is 2. The number of hydrogen-bond donors (Lipinski definition) is 0. The molecule has 33 heavy (non-hydrogen) atoms. The first kappa shape index (κ1) is 27.1. The smallest absolute Gasteiger partial charge is 0.200 e. The van der Waals surface area contributed by atoms with Gasteiger partial charge in [0, 0.05) is 24.7 Å². The maximum absolute atomic E-state index is 13.1. The first-order chi connectivity index (χ1) is 15.2. The molecule has 0 aromatic carbocycles. The van der Waals surface area contributed by atoms with Crippen molar-refractivity contribution in [1.82, 2.24) is 0 Å². The summed E-state index contributed by atoms with van der Waals surface area (Å²) >= 11 is 0. The van der Waals surface area contributed by atoms with Gasteiger partial charge >= 0.3 is 0 Å². The van der Waals surface area contributed by atoms with Crippen LogP contribution in [0.5, 0.6) is 0 Å². The van der Waals surface area contributed by atoms with Crippen LogP contribution < -0.4 is 0 Å². The minimum Gasteiger partial charge on any atom is -0.413 e. The van der Waals surface area contributed by atoms with Crippen LogP contribution in [0.4, 0.5) is 0 Å². The lowest BCUT2D eigenvalue weighted by molar-refractivity contribution is -0.169. The van der Waals surface area contributed by atoms with Crippen LogP contribution in [0.3, 0.4) is 0 Å². The Morgan fingerprint density at radius 3 is 2.15 bits per heavy atom. The van der Waals surface area contributed by atoms with Crippen LogP contribution in [0.1, 0.15) is 114 Å². The van der Waals surface area contributed by atoms with Crippen molar-refractivity contribution < 1.29 is 14.0 Å². The first-order valence-electron chi connectivity index (χ1n) is 13.9. The van der Waals surface area contributed by atoms with Gasteiger partial charge in [0.25, 0.3) is 0 Å². The van der Waals surface area contributed by atoms with Crippen molar-refractivity contribution >= 4 is 19.9 Å². The molecular formula is C29H52O3Si. The molecule has 3 rings (SSSR count). The van der Waals surface area contributed by atoms with Gasteiger partial charge < -0.3 is 9.22 Å². The lowest BCUT2D eigenvalue weighted by Gasteiger charge is -2.64. The van der Waals surface area contributed by atoms with Crippen molar-refractivity contribution in [3.8, 4) is 0 Å². The van der Waals surface area contributed by atoms with Crippen molar-refractivity contribution in [2.75, 3.05) is 0 Å². The van der Waals surface area contributed by atoms with Gasteiger partial charge in [-0.05, 0) is 71.9 Å². The van der Waals surface area contributed by atoms with E-state index in [9.17, 15) is 9.59 Å². The van der Waals surface area contributed by atoms with Crippen molar-refractivity contribution in [3.63, 3.8) is 0 Å². The van der Waals surface area contributed by atoms with E-state index in [1.54, 1.807) is 6.92 Å². The third kappa shape index (κ3) is 4.34. The average molecular weight is 477 g/mol. The van der Waals surface area contributed by atoms with E-state index in [0.29, 0.717) is 71.1 Å². The fourth-order valence-electron chi connectivity index (χ4n) is 9.48. The van der Waals surface area contributed by atoms with Crippen molar-refractivity contribution in [3.05, 3.63) is 0 Å². The lowest BCUT2D eigenvalue weighted by Crippen LogP contribution is -2.62. The van der Waals surface area contributed by atoms with Crippen LogP contribution in [-0.2, 0) is 14.0 Å². The molecule has 3 aliphatic rings. The van der Waals surface area contributed by atoms with Crippen LogP contribution >= 0.6 is 0 Å². The van der Waals surface area contributed by atoms with Gasteiger partial charge in [0.1, 0.15) is 11.6 Å². The fourth-order valence-corrected chi connectivity index (χ4v) is 15.2. The highest BCUT2D eigenvalue weighted by atomic mass is 28.4. The number of fused-ring (bicyclic) bond motifs is 3. The summed E-state index contributed by atoms with van der Waals surface area (Å²) in [6.07, 6.45) is 6.83. The maximum Gasteiger partial charge on any atom is 0.200 e. The Morgan fingerprint density at radius 1 is 1.06 bits per heavy atom. The Bertz CT molecular complexity index is 721. The number of carbonyl (C=O) groups excluding carboxylic acids is 2. The molecule has 0 unspecified atom stereocenters. The average Bonchev–Trinajstić information content (AvgIpc) is 3.01. The molecule has 0 bridgehead atoms. The molecule has 0 spiro atoms. The number of rotatable bonds is 8. The van der Waals surface area contributed by atoms with Crippen LogP contribution in [0.2, 0.25) is 16.6 Å². The van der Waals surface area contributed by atoms with E-state index in [4.69, 9.17) is 4.43 Å². The summed E-state index contributed by atoms with van der Waals surface area (Å²) in [6.45, 7) is 23.3. The van der Waals surface area contributed by atoms with Crippen LogP contribution in [0.25, 0.3) is 0 Å². The number of hydrogen-bond acceptors (Lipinski definition) is 3. The second kappa shape index (κ2) is 9.52. The van der Waals surface area contributed by atoms with Crippen molar-refractivity contribution in [1.29, 1.82) is 0 Å². The number of carbonyl (C=O) groups is 2. The van der Waals surface area contributed by atoms with Crippen LogP contribution in [-0.4, -0.2) is 26.0 Å². The Balaban J connectivity index is 2.04. The Hall–Kier alpha value is -0.483. The summed E-state index contributed by atoms with van der Waals surface area (Å²) in [5.41, 5.74) is 1.72. The summed E-state index contributed by atoms with van der Waals surface area (Å²) in [7, 11) is -2.04. The zero-order chi connectivity index (χ0) is 24.9. The molecule has 0 amide bonds. The highest BCUT2D eigenvalue weighted by Crippen LogP contribution is 2.68.